The molecule has 1 aliphatic rings. The van der Waals surface area contributed by atoms with Gasteiger partial charge in [0.25, 0.3) is 0 Å². The van der Waals surface area contributed by atoms with Gasteiger partial charge in [-0.15, -0.1) is 10.2 Å². The van der Waals surface area contributed by atoms with E-state index in [1.54, 1.807) is 6.07 Å². The maximum absolute atomic E-state index is 9.98. The van der Waals surface area contributed by atoms with E-state index in [0.29, 0.717) is 23.1 Å². The topological polar surface area (TPSA) is 77.0 Å². The zero-order valence-electron chi connectivity index (χ0n) is 9.59. The van der Waals surface area contributed by atoms with Crippen LogP contribution >= 0.6 is 0 Å². The van der Waals surface area contributed by atoms with Gasteiger partial charge in [-0.1, -0.05) is 6.07 Å². The molecule has 17 heavy (non-hydrogen) atoms. The van der Waals surface area contributed by atoms with Crippen molar-refractivity contribution < 1.29 is 5.11 Å². The highest BCUT2D eigenvalue weighted by molar-refractivity contribution is 5.72. The highest BCUT2D eigenvalue weighted by atomic mass is 16.3. The van der Waals surface area contributed by atoms with Crippen molar-refractivity contribution in [1.29, 1.82) is 0 Å². The van der Waals surface area contributed by atoms with Crippen molar-refractivity contribution in [3.63, 3.8) is 0 Å². The summed E-state index contributed by atoms with van der Waals surface area (Å²) in [6.07, 6.45) is 2.30. The molecule has 0 amide bonds. The maximum Gasteiger partial charge on any atom is 0.168 e. The standard InChI is InChI=1S/C12H14N4O/c1-7-14-15-12(16(7)8-5-6-8)9-3-2-4-10(13)11(9)17/h2-4,8,17H,5-6,13H2,1H3. The number of nitrogen functional groups attached to an aromatic ring is 1. The minimum atomic E-state index is 0.0850. The molecule has 0 radical (unpaired) electrons. The molecule has 1 aromatic carbocycles. The largest absolute Gasteiger partial charge is 0.505 e. The summed E-state index contributed by atoms with van der Waals surface area (Å²) in [6.45, 7) is 1.93. The number of hydrogen-bond acceptors (Lipinski definition) is 4. The summed E-state index contributed by atoms with van der Waals surface area (Å²) in [5, 5.41) is 18.2. The van der Waals surface area contributed by atoms with Crippen molar-refractivity contribution in [1.82, 2.24) is 14.8 Å². The van der Waals surface area contributed by atoms with Crippen LogP contribution in [-0.2, 0) is 0 Å². The van der Waals surface area contributed by atoms with Gasteiger partial charge in [0.2, 0.25) is 0 Å². The second-order valence-electron chi connectivity index (χ2n) is 4.42. The van der Waals surface area contributed by atoms with Crippen molar-refractivity contribution in [2.75, 3.05) is 5.73 Å². The Kier molecular flexibility index (Phi) is 2.07. The normalized spacial score (nSPS) is 15.1. The van der Waals surface area contributed by atoms with Crippen molar-refractivity contribution in [3.8, 4) is 17.1 Å². The molecule has 1 saturated carbocycles. The van der Waals surface area contributed by atoms with Crippen LogP contribution in [0.4, 0.5) is 5.69 Å². The third kappa shape index (κ3) is 1.54. The zero-order valence-corrected chi connectivity index (χ0v) is 9.59. The summed E-state index contributed by atoms with van der Waals surface area (Å²) in [6, 6.07) is 5.77. The first-order valence-electron chi connectivity index (χ1n) is 5.68. The molecule has 0 atom stereocenters. The van der Waals surface area contributed by atoms with Gasteiger partial charge in [0.1, 0.15) is 11.6 Å². The van der Waals surface area contributed by atoms with Gasteiger partial charge in [-0.05, 0) is 31.9 Å². The van der Waals surface area contributed by atoms with Gasteiger partial charge in [0.05, 0.1) is 11.3 Å². The fraction of sp³-hybridized carbons (Fsp3) is 0.333. The van der Waals surface area contributed by atoms with E-state index in [4.69, 9.17) is 5.73 Å². The Morgan fingerprint density at radius 1 is 1.35 bits per heavy atom. The van der Waals surface area contributed by atoms with Gasteiger partial charge < -0.3 is 15.4 Å². The van der Waals surface area contributed by atoms with Crippen LogP contribution in [-0.4, -0.2) is 19.9 Å². The quantitative estimate of drug-likeness (QED) is 0.610. The monoisotopic (exact) mass is 230 g/mol. The summed E-state index contributed by atoms with van der Waals surface area (Å²) in [5.74, 6) is 1.67. The molecule has 88 valence electrons. The Morgan fingerprint density at radius 3 is 2.82 bits per heavy atom. The molecular formula is C12H14N4O. The van der Waals surface area contributed by atoms with Crippen LogP contribution in [0.3, 0.4) is 0 Å². The Morgan fingerprint density at radius 2 is 2.12 bits per heavy atom. The number of aromatic hydroxyl groups is 1. The lowest BCUT2D eigenvalue weighted by Gasteiger charge is -2.09. The summed E-state index contributed by atoms with van der Waals surface area (Å²) in [5.41, 5.74) is 6.72. The van der Waals surface area contributed by atoms with E-state index in [1.165, 1.54) is 0 Å². The molecule has 3 rings (SSSR count). The third-order valence-electron chi connectivity index (χ3n) is 3.09. The van der Waals surface area contributed by atoms with Gasteiger partial charge in [0, 0.05) is 6.04 Å². The van der Waals surface area contributed by atoms with Crippen LogP contribution in [0.25, 0.3) is 11.4 Å². The molecule has 0 unspecified atom stereocenters. The van der Waals surface area contributed by atoms with Gasteiger partial charge in [-0.3, -0.25) is 0 Å². The molecule has 0 aliphatic heterocycles. The Hall–Kier alpha value is -2.04. The van der Waals surface area contributed by atoms with Crippen LogP contribution < -0.4 is 5.73 Å². The molecular weight excluding hydrogens is 216 g/mol. The van der Waals surface area contributed by atoms with Crippen LogP contribution in [0.5, 0.6) is 5.75 Å². The number of phenols is 1. The second-order valence-corrected chi connectivity index (χ2v) is 4.42. The number of aryl methyl sites for hydroxylation is 1. The lowest BCUT2D eigenvalue weighted by Crippen LogP contribution is -2.00. The number of hydrogen-bond donors (Lipinski definition) is 2. The minimum absolute atomic E-state index is 0.0850. The van der Waals surface area contributed by atoms with E-state index in [9.17, 15) is 5.11 Å². The van der Waals surface area contributed by atoms with E-state index in [0.717, 1.165) is 18.7 Å². The molecule has 1 aliphatic carbocycles. The smallest absolute Gasteiger partial charge is 0.168 e. The number of nitrogens with two attached hydrogens (primary N) is 1. The van der Waals surface area contributed by atoms with Crippen molar-refractivity contribution in [2.24, 2.45) is 0 Å². The predicted molar refractivity (Wildman–Crippen MR) is 64.5 cm³/mol. The number of phenolic OH excluding ortho intramolecular Hbond substituents is 1. The molecule has 0 spiro atoms. The fourth-order valence-corrected chi connectivity index (χ4v) is 2.06. The van der Waals surface area contributed by atoms with E-state index < -0.39 is 0 Å². The number of nitrogens with zero attached hydrogens (tertiary/aromatic N) is 3. The van der Waals surface area contributed by atoms with Crippen molar-refractivity contribution in [2.45, 2.75) is 25.8 Å². The molecule has 1 aromatic heterocycles. The Balaban J connectivity index is 2.18. The molecule has 0 bridgehead atoms. The number of rotatable bonds is 2. The van der Waals surface area contributed by atoms with E-state index in [2.05, 4.69) is 14.8 Å². The third-order valence-corrected chi connectivity index (χ3v) is 3.09. The maximum atomic E-state index is 9.98. The van der Waals surface area contributed by atoms with Gasteiger partial charge >= 0.3 is 0 Å². The SMILES string of the molecule is Cc1nnc(-c2cccc(N)c2O)n1C1CC1. The number of anilines is 1. The summed E-state index contributed by atoms with van der Waals surface area (Å²) in [7, 11) is 0. The lowest BCUT2D eigenvalue weighted by atomic mass is 10.1. The number of aromatic nitrogens is 3. The molecule has 5 nitrogen and oxygen atoms in total. The van der Waals surface area contributed by atoms with Gasteiger partial charge in [-0.25, -0.2) is 0 Å². The fourth-order valence-electron chi connectivity index (χ4n) is 2.06. The van der Waals surface area contributed by atoms with Crippen LogP contribution in [0.15, 0.2) is 18.2 Å². The highest BCUT2D eigenvalue weighted by Gasteiger charge is 2.29. The predicted octanol–water partition coefficient (Wildman–Crippen LogP) is 1.88. The number of benzene rings is 1. The molecule has 1 heterocycles. The first kappa shape index (κ1) is 10.1. The zero-order chi connectivity index (χ0) is 12.0. The summed E-state index contributed by atoms with van der Waals surface area (Å²) >= 11 is 0. The minimum Gasteiger partial charge on any atom is -0.505 e. The summed E-state index contributed by atoms with van der Waals surface area (Å²) in [4.78, 5) is 0. The lowest BCUT2D eigenvalue weighted by molar-refractivity contribution is 0.479. The van der Waals surface area contributed by atoms with Gasteiger partial charge in [-0.2, -0.15) is 0 Å². The average molecular weight is 230 g/mol. The molecule has 2 aromatic rings. The van der Waals surface area contributed by atoms with Gasteiger partial charge in [0.15, 0.2) is 5.82 Å². The molecule has 0 saturated heterocycles. The molecule has 5 heteroatoms. The first-order valence-corrected chi connectivity index (χ1v) is 5.68. The average Bonchev–Trinajstić information content (AvgIpc) is 3.07. The molecule has 1 fully saturated rings. The first-order chi connectivity index (χ1) is 8.18. The summed E-state index contributed by atoms with van der Waals surface area (Å²) < 4.78 is 2.08. The number of para-hydroxylation sites is 1. The van der Waals surface area contributed by atoms with E-state index in [1.807, 2.05) is 19.1 Å². The van der Waals surface area contributed by atoms with Crippen molar-refractivity contribution in [3.05, 3.63) is 24.0 Å². The van der Waals surface area contributed by atoms with Crippen LogP contribution in [0, 0.1) is 6.92 Å². The second kappa shape index (κ2) is 3.48. The van der Waals surface area contributed by atoms with Crippen molar-refractivity contribution >= 4 is 5.69 Å². The van der Waals surface area contributed by atoms with E-state index >= 15 is 0 Å². The Bertz CT molecular complexity index is 572. The molecule has 3 N–H and O–H groups in total. The van der Waals surface area contributed by atoms with Crippen LogP contribution in [0.1, 0.15) is 24.7 Å². The Labute approximate surface area is 98.9 Å². The highest BCUT2D eigenvalue weighted by Crippen LogP contribution is 2.41. The van der Waals surface area contributed by atoms with Crippen LogP contribution in [0.2, 0.25) is 0 Å². The van der Waals surface area contributed by atoms with E-state index in [-0.39, 0.29) is 5.75 Å².